The Labute approximate surface area is 148 Å². The molecule has 4 rings (SSSR count). The molecule has 2 aromatic heterocycles. The number of rotatable bonds is 4. The zero-order valence-corrected chi connectivity index (χ0v) is 14.4. The van der Waals surface area contributed by atoms with Crippen LogP contribution in [-0.4, -0.2) is 33.3 Å². The summed E-state index contributed by atoms with van der Waals surface area (Å²) in [5.41, 5.74) is 4.14. The van der Waals surface area contributed by atoms with Gasteiger partial charge in [0.25, 0.3) is 0 Å². The van der Waals surface area contributed by atoms with Gasteiger partial charge in [-0.15, -0.1) is 0 Å². The lowest BCUT2D eigenvalue weighted by Gasteiger charge is -2.26. The SMILES string of the molecule is O=C(CCc1c(-c2ccccc2)nc2ccccn12)N1CCCCC1. The van der Waals surface area contributed by atoms with E-state index in [-0.39, 0.29) is 5.91 Å². The molecule has 3 heterocycles. The number of carbonyl (C=O) groups is 1. The van der Waals surface area contributed by atoms with Crippen molar-refractivity contribution in [2.24, 2.45) is 0 Å². The highest BCUT2D eigenvalue weighted by atomic mass is 16.2. The molecular formula is C21H23N3O. The minimum atomic E-state index is 0.268. The second-order valence-electron chi connectivity index (χ2n) is 6.64. The summed E-state index contributed by atoms with van der Waals surface area (Å²) in [7, 11) is 0. The first-order valence-corrected chi connectivity index (χ1v) is 9.12. The van der Waals surface area contributed by atoms with E-state index < -0.39 is 0 Å². The van der Waals surface area contributed by atoms with Crippen LogP contribution in [-0.2, 0) is 11.2 Å². The number of benzene rings is 1. The summed E-state index contributed by atoms with van der Waals surface area (Å²) in [6.45, 7) is 1.83. The standard InChI is InChI=1S/C21H23N3O/c25-20(23-14-6-2-7-15-23)13-12-18-21(17-9-3-1-4-10-17)22-19-11-5-8-16-24(18)19/h1,3-5,8-11,16H,2,6-7,12-15H2. The Hall–Kier alpha value is -2.62. The zero-order valence-electron chi connectivity index (χ0n) is 14.4. The molecule has 3 aromatic rings. The van der Waals surface area contributed by atoms with Crippen LogP contribution in [0.1, 0.15) is 31.4 Å². The molecule has 0 aliphatic carbocycles. The maximum atomic E-state index is 12.6. The zero-order chi connectivity index (χ0) is 17.1. The fourth-order valence-corrected chi connectivity index (χ4v) is 3.64. The van der Waals surface area contributed by atoms with Gasteiger partial charge >= 0.3 is 0 Å². The largest absolute Gasteiger partial charge is 0.343 e. The highest BCUT2D eigenvalue weighted by Crippen LogP contribution is 2.25. The molecular weight excluding hydrogens is 310 g/mol. The van der Waals surface area contributed by atoms with Crippen LogP contribution >= 0.6 is 0 Å². The highest BCUT2D eigenvalue weighted by Gasteiger charge is 2.19. The van der Waals surface area contributed by atoms with Gasteiger partial charge in [0.2, 0.25) is 5.91 Å². The van der Waals surface area contributed by atoms with Gasteiger partial charge in [-0.25, -0.2) is 4.98 Å². The number of amides is 1. The third-order valence-electron chi connectivity index (χ3n) is 4.96. The minimum absolute atomic E-state index is 0.268. The molecule has 0 spiro atoms. The predicted molar refractivity (Wildman–Crippen MR) is 99.4 cm³/mol. The van der Waals surface area contributed by atoms with Crippen molar-refractivity contribution in [1.29, 1.82) is 0 Å². The van der Waals surface area contributed by atoms with E-state index in [2.05, 4.69) is 16.5 Å². The number of pyridine rings is 1. The first kappa shape index (κ1) is 15.9. The van der Waals surface area contributed by atoms with Gasteiger partial charge in [-0.05, 0) is 37.8 Å². The van der Waals surface area contributed by atoms with E-state index in [1.807, 2.05) is 47.5 Å². The van der Waals surface area contributed by atoms with E-state index in [0.29, 0.717) is 12.8 Å². The van der Waals surface area contributed by atoms with Gasteiger partial charge in [0.05, 0.1) is 11.4 Å². The summed E-state index contributed by atoms with van der Waals surface area (Å²) in [4.78, 5) is 19.4. The van der Waals surface area contributed by atoms with Crippen molar-refractivity contribution < 1.29 is 4.79 Å². The topological polar surface area (TPSA) is 37.6 Å². The monoisotopic (exact) mass is 333 g/mol. The number of imidazole rings is 1. The van der Waals surface area contributed by atoms with Crippen LogP contribution in [0.3, 0.4) is 0 Å². The number of carbonyl (C=O) groups excluding carboxylic acids is 1. The van der Waals surface area contributed by atoms with Crippen LogP contribution in [0.25, 0.3) is 16.9 Å². The molecule has 1 fully saturated rings. The molecule has 1 aliphatic heterocycles. The first-order chi connectivity index (χ1) is 12.3. The molecule has 1 amide bonds. The van der Waals surface area contributed by atoms with Gasteiger partial charge in [-0.1, -0.05) is 36.4 Å². The summed E-state index contributed by atoms with van der Waals surface area (Å²) >= 11 is 0. The first-order valence-electron chi connectivity index (χ1n) is 9.12. The summed E-state index contributed by atoms with van der Waals surface area (Å²) in [5, 5.41) is 0. The van der Waals surface area contributed by atoms with E-state index in [1.165, 1.54) is 6.42 Å². The number of aryl methyl sites for hydroxylation is 1. The molecule has 25 heavy (non-hydrogen) atoms. The second-order valence-corrected chi connectivity index (χ2v) is 6.64. The molecule has 0 N–H and O–H groups in total. The normalized spacial score (nSPS) is 14.8. The maximum Gasteiger partial charge on any atom is 0.222 e. The average molecular weight is 333 g/mol. The van der Waals surface area contributed by atoms with Gasteiger partial charge < -0.3 is 9.30 Å². The molecule has 1 aromatic carbocycles. The molecule has 0 bridgehead atoms. The minimum Gasteiger partial charge on any atom is -0.343 e. The van der Waals surface area contributed by atoms with Crippen molar-refractivity contribution in [3.8, 4) is 11.3 Å². The lowest BCUT2D eigenvalue weighted by Crippen LogP contribution is -2.35. The third kappa shape index (κ3) is 3.29. The summed E-state index contributed by atoms with van der Waals surface area (Å²) in [5.74, 6) is 0.268. The number of hydrogen-bond acceptors (Lipinski definition) is 2. The van der Waals surface area contributed by atoms with Crippen LogP contribution in [0, 0.1) is 0 Å². The van der Waals surface area contributed by atoms with Gasteiger partial charge in [-0.3, -0.25) is 4.79 Å². The third-order valence-corrected chi connectivity index (χ3v) is 4.96. The van der Waals surface area contributed by atoms with Gasteiger partial charge in [-0.2, -0.15) is 0 Å². The fraction of sp³-hybridized carbons (Fsp3) is 0.333. The van der Waals surface area contributed by atoms with Crippen molar-refractivity contribution >= 4 is 11.6 Å². The number of piperidine rings is 1. The van der Waals surface area contributed by atoms with E-state index in [0.717, 1.165) is 48.5 Å². The Balaban J connectivity index is 1.62. The van der Waals surface area contributed by atoms with Crippen LogP contribution in [0.2, 0.25) is 0 Å². The number of likely N-dealkylation sites (tertiary alicyclic amines) is 1. The van der Waals surface area contributed by atoms with Crippen LogP contribution < -0.4 is 0 Å². The van der Waals surface area contributed by atoms with Gasteiger partial charge in [0.15, 0.2) is 0 Å². The van der Waals surface area contributed by atoms with E-state index >= 15 is 0 Å². The number of hydrogen-bond donors (Lipinski definition) is 0. The van der Waals surface area contributed by atoms with Crippen molar-refractivity contribution in [2.75, 3.05) is 13.1 Å². The van der Waals surface area contributed by atoms with E-state index in [9.17, 15) is 4.79 Å². The number of aromatic nitrogens is 2. The molecule has 0 atom stereocenters. The Bertz CT molecular complexity index is 863. The van der Waals surface area contributed by atoms with Crippen molar-refractivity contribution in [3.05, 3.63) is 60.4 Å². The van der Waals surface area contributed by atoms with E-state index in [4.69, 9.17) is 4.98 Å². The Morgan fingerprint density at radius 3 is 2.52 bits per heavy atom. The summed E-state index contributed by atoms with van der Waals surface area (Å²) in [6, 6.07) is 16.3. The Morgan fingerprint density at radius 2 is 1.72 bits per heavy atom. The van der Waals surface area contributed by atoms with Crippen molar-refractivity contribution in [2.45, 2.75) is 32.1 Å². The molecule has 4 heteroatoms. The predicted octanol–water partition coefficient (Wildman–Crippen LogP) is 3.95. The lowest BCUT2D eigenvalue weighted by atomic mass is 10.1. The van der Waals surface area contributed by atoms with Gasteiger partial charge in [0, 0.05) is 31.3 Å². The molecule has 0 saturated carbocycles. The highest BCUT2D eigenvalue weighted by molar-refractivity contribution is 5.77. The molecule has 0 unspecified atom stereocenters. The van der Waals surface area contributed by atoms with Crippen LogP contribution in [0.15, 0.2) is 54.7 Å². The molecule has 4 nitrogen and oxygen atoms in total. The smallest absolute Gasteiger partial charge is 0.222 e. The Kier molecular flexibility index (Phi) is 4.51. The Morgan fingerprint density at radius 1 is 0.960 bits per heavy atom. The van der Waals surface area contributed by atoms with Crippen molar-refractivity contribution in [1.82, 2.24) is 14.3 Å². The number of nitrogens with zero attached hydrogens (tertiary/aromatic N) is 3. The fourth-order valence-electron chi connectivity index (χ4n) is 3.64. The second kappa shape index (κ2) is 7.09. The molecule has 1 aliphatic rings. The van der Waals surface area contributed by atoms with Crippen molar-refractivity contribution in [3.63, 3.8) is 0 Å². The molecule has 1 saturated heterocycles. The molecule has 128 valence electrons. The van der Waals surface area contributed by atoms with Crippen LogP contribution in [0.5, 0.6) is 0 Å². The quantitative estimate of drug-likeness (QED) is 0.725. The van der Waals surface area contributed by atoms with Gasteiger partial charge in [0.1, 0.15) is 5.65 Å². The van der Waals surface area contributed by atoms with E-state index in [1.54, 1.807) is 0 Å². The summed E-state index contributed by atoms with van der Waals surface area (Å²) in [6.07, 6.45) is 6.81. The van der Waals surface area contributed by atoms with Crippen LogP contribution in [0.4, 0.5) is 0 Å². The maximum absolute atomic E-state index is 12.6. The average Bonchev–Trinajstić information content (AvgIpc) is 3.06. The lowest BCUT2D eigenvalue weighted by molar-refractivity contribution is -0.132. The molecule has 0 radical (unpaired) electrons. The number of fused-ring (bicyclic) bond motifs is 1. The summed E-state index contributed by atoms with van der Waals surface area (Å²) < 4.78 is 2.12.